The van der Waals surface area contributed by atoms with E-state index in [-0.39, 0.29) is 12.5 Å². The first-order chi connectivity index (χ1) is 7.54. The summed E-state index contributed by atoms with van der Waals surface area (Å²) in [6.07, 6.45) is -1.33. The topological polar surface area (TPSA) is 75.6 Å². The van der Waals surface area contributed by atoms with Crippen LogP contribution in [0.1, 0.15) is 10.4 Å². The summed E-state index contributed by atoms with van der Waals surface area (Å²) in [5, 5.41) is 13.4. The number of amides is 1. The Morgan fingerprint density at radius 2 is 2.38 bits per heavy atom. The summed E-state index contributed by atoms with van der Waals surface area (Å²) in [6, 6.07) is 1.73. The molecular weight excluding hydrogens is 345 g/mol. The summed E-state index contributed by atoms with van der Waals surface area (Å²) in [5.74, 6) is -1.08. The van der Waals surface area contributed by atoms with Crippen LogP contribution in [-0.2, 0) is 9.53 Å². The number of methoxy groups -OCH3 is 1. The third-order valence-electron chi connectivity index (χ3n) is 1.76. The maximum absolute atomic E-state index is 11.5. The van der Waals surface area contributed by atoms with Crippen molar-refractivity contribution in [2.75, 3.05) is 13.7 Å². The van der Waals surface area contributed by atoms with Gasteiger partial charge in [-0.3, -0.25) is 4.79 Å². The van der Waals surface area contributed by atoms with Crippen molar-refractivity contribution in [2.45, 2.75) is 6.10 Å². The molecule has 0 radical (unpaired) electrons. The van der Waals surface area contributed by atoms with Crippen molar-refractivity contribution in [1.29, 1.82) is 0 Å². The van der Waals surface area contributed by atoms with E-state index in [0.29, 0.717) is 5.56 Å². The summed E-state index contributed by atoms with van der Waals surface area (Å²) >= 11 is 3.56. The second-order valence-corrected chi connectivity index (χ2v) is 5.69. The molecule has 1 amide bonds. The van der Waals surface area contributed by atoms with E-state index in [1.165, 1.54) is 18.4 Å². The largest absolute Gasteiger partial charge is 0.467 e. The van der Waals surface area contributed by atoms with Crippen LogP contribution >= 0.6 is 33.9 Å². The van der Waals surface area contributed by atoms with Gasteiger partial charge in [0.1, 0.15) is 0 Å². The van der Waals surface area contributed by atoms with Gasteiger partial charge in [-0.25, -0.2) is 4.79 Å². The summed E-state index contributed by atoms with van der Waals surface area (Å²) < 4.78 is 5.31. The van der Waals surface area contributed by atoms with Gasteiger partial charge in [0.15, 0.2) is 6.10 Å². The van der Waals surface area contributed by atoms with E-state index in [0.717, 1.165) is 2.88 Å². The number of nitrogens with one attached hydrogen (secondary N) is 1. The molecule has 2 N–H and O–H groups in total. The van der Waals surface area contributed by atoms with Crippen molar-refractivity contribution in [3.63, 3.8) is 0 Å². The van der Waals surface area contributed by atoms with E-state index in [9.17, 15) is 14.7 Å². The van der Waals surface area contributed by atoms with E-state index in [1.807, 2.05) is 0 Å². The van der Waals surface area contributed by atoms with Gasteiger partial charge in [0.05, 0.1) is 22.1 Å². The van der Waals surface area contributed by atoms with Gasteiger partial charge in [-0.15, -0.1) is 11.3 Å². The second-order valence-electron chi connectivity index (χ2n) is 2.89. The van der Waals surface area contributed by atoms with Gasteiger partial charge in [-0.2, -0.15) is 0 Å². The monoisotopic (exact) mass is 355 g/mol. The third-order valence-corrected chi connectivity index (χ3v) is 3.55. The van der Waals surface area contributed by atoms with Gasteiger partial charge in [-0.05, 0) is 28.7 Å². The van der Waals surface area contributed by atoms with Crippen LogP contribution in [0.4, 0.5) is 0 Å². The Kier molecular flexibility index (Phi) is 5.16. The van der Waals surface area contributed by atoms with Gasteiger partial charge in [0.2, 0.25) is 0 Å². The fourth-order valence-electron chi connectivity index (χ4n) is 0.940. The van der Waals surface area contributed by atoms with E-state index >= 15 is 0 Å². The average molecular weight is 355 g/mol. The van der Waals surface area contributed by atoms with Crippen molar-refractivity contribution in [1.82, 2.24) is 5.32 Å². The molecule has 0 spiro atoms. The number of esters is 1. The lowest BCUT2D eigenvalue weighted by Gasteiger charge is -2.08. The number of carbonyl (C=O) groups excluding carboxylic acids is 2. The van der Waals surface area contributed by atoms with E-state index in [2.05, 4.69) is 32.6 Å². The van der Waals surface area contributed by atoms with Crippen LogP contribution < -0.4 is 5.32 Å². The number of aliphatic hydroxyl groups excluding tert-OH is 1. The number of hydrogen-bond acceptors (Lipinski definition) is 5. The molecule has 1 heterocycles. The minimum Gasteiger partial charge on any atom is -0.467 e. The van der Waals surface area contributed by atoms with E-state index in [4.69, 9.17) is 0 Å². The predicted octanol–water partition coefficient (Wildman–Crippen LogP) is 0.616. The lowest BCUT2D eigenvalue weighted by atomic mass is 10.3. The van der Waals surface area contributed by atoms with Crippen molar-refractivity contribution in [2.24, 2.45) is 0 Å². The SMILES string of the molecule is COC(=O)C(O)CNC(=O)c1csc(I)c1. The molecule has 0 aromatic carbocycles. The Morgan fingerprint density at radius 3 is 2.88 bits per heavy atom. The van der Waals surface area contributed by atoms with Crippen molar-refractivity contribution in [3.8, 4) is 0 Å². The first-order valence-corrected chi connectivity index (χ1v) is 6.28. The molecule has 0 saturated heterocycles. The normalized spacial score (nSPS) is 11.9. The Morgan fingerprint density at radius 1 is 1.69 bits per heavy atom. The Balaban J connectivity index is 2.44. The molecule has 16 heavy (non-hydrogen) atoms. The molecule has 0 aliphatic heterocycles. The summed E-state index contributed by atoms with van der Waals surface area (Å²) in [7, 11) is 1.18. The number of aliphatic hydroxyl groups is 1. The standard InChI is InChI=1S/C9H10INO4S/c1-15-9(14)6(12)3-11-8(13)5-2-7(10)16-4-5/h2,4,6,12H,3H2,1H3,(H,11,13). The molecule has 0 aliphatic carbocycles. The minimum atomic E-state index is -1.33. The molecule has 1 aromatic rings. The van der Waals surface area contributed by atoms with Gasteiger partial charge in [-0.1, -0.05) is 0 Å². The molecular formula is C9H10INO4S. The first kappa shape index (κ1) is 13.4. The highest BCUT2D eigenvalue weighted by atomic mass is 127. The van der Waals surface area contributed by atoms with Crippen LogP contribution in [0.5, 0.6) is 0 Å². The second kappa shape index (κ2) is 6.16. The Hall–Kier alpha value is -0.670. The van der Waals surface area contributed by atoms with Crippen LogP contribution in [-0.4, -0.2) is 36.7 Å². The highest BCUT2D eigenvalue weighted by molar-refractivity contribution is 14.1. The highest BCUT2D eigenvalue weighted by Crippen LogP contribution is 2.16. The fourth-order valence-corrected chi connectivity index (χ4v) is 2.27. The Labute approximate surface area is 110 Å². The minimum absolute atomic E-state index is 0.155. The predicted molar refractivity (Wildman–Crippen MR) is 67.4 cm³/mol. The van der Waals surface area contributed by atoms with Crippen LogP contribution in [0, 0.1) is 2.88 Å². The number of ether oxygens (including phenoxy) is 1. The summed E-state index contributed by atoms with van der Waals surface area (Å²) in [5.41, 5.74) is 0.520. The van der Waals surface area contributed by atoms with Crippen molar-refractivity contribution < 1.29 is 19.4 Å². The van der Waals surface area contributed by atoms with Crippen LogP contribution in [0.15, 0.2) is 11.4 Å². The third kappa shape index (κ3) is 3.72. The molecule has 1 atom stereocenters. The average Bonchev–Trinajstić information content (AvgIpc) is 2.71. The van der Waals surface area contributed by atoms with Crippen LogP contribution in [0.3, 0.4) is 0 Å². The first-order valence-electron chi connectivity index (χ1n) is 4.32. The number of carbonyl (C=O) groups is 2. The van der Waals surface area contributed by atoms with E-state index < -0.39 is 12.1 Å². The smallest absolute Gasteiger partial charge is 0.336 e. The van der Waals surface area contributed by atoms with Crippen molar-refractivity contribution in [3.05, 3.63) is 19.9 Å². The van der Waals surface area contributed by atoms with Gasteiger partial charge < -0.3 is 15.2 Å². The molecule has 1 aromatic heterocycles. The zero-order chi connectivity index (χ0) is 12.1. The maximum atomic E-state index is 11.5. The summed E-state index contributed by atoms with van der Waals surface area (Å²) in [4.78, 5) is 22.3. The Bertz CT molecular complexity index is 393. The highest BCUT2D eigenvalue weighted by Gasteiger charge is 2.17. The fraction of sp³-hybridized carbons (Fsp3) is 0.333. The quantitative estimate of drug-likeness (QED) is 0.613. The molecule has 1 rings (SSSR count). The van der Waals surface area contributed by atoms with Crippen molar-refractivity contribution >= 4 is 45.8 Å². The number of thiophene rings is 1. The van der Waals surface area contributed by atoms with Gasteiger partial charge in [0, 0.05) is 5.38 Å². The number of halogens is 1. The molecule has 0 bridgehead atoms. The molecule has 0 saturated carbocycles. The molecule has 7 heteroatoms. The zero-order valence-corrected chi connectivity index (χ0v) is 11.4. The maximum Gasteiger partial charge on any atom is 0.336 e. The number of hydrogen-bond donors (Lipinski definition) is 2. The molecule has 0 aliphatic rings. The molecule has 0 fully saturated rings. The molecule has 88 valence electrons. The van der Waals surface area contributed by atoms with Crippen LogP contribution in [0.25, 0.3) is 0 Å². The van der Waals surface area contributed by atoms with Gasteiger partial charge in [0.25, 0.3) is 5.91 Å². The zero-order valence-electron chi connectivity index (χ0n) is 8.40. The molecule has 1 unspecified atom stereocenters. The molecule has 5 nitrogen and oxygen atoms in total. The number of rotatable bonds is 4. The van der Waals surface area contributed by atoms with E-state index in [1.54, 1.807) is 11.4 Å². The van der Waals surface area contributed by atoms with Gasteiger partial charge >= 0.3 is 5.97 Å². The van der Waals surface area contributed by atoms with Crippen LogP contribution in [0.2, 0.25) is 0 Å². The summed E-state index contributed by atoms with van der Waals surface area (Å²) in [6.45, 7) is -0.155. The lowest BCUT2D eigenvalue weighted by Crippen LogP contribution is -2.37. The lowest BCUT2D eigenvalue weighted by molar-refractivity contribution is -0.149.